The minimum Gasteiger partial charge on any atom is -0.391 e. The maximum Gasteiger partial charge on any atom is 0.246 e. The Morgan fingerprint density at radius 1 is 1.03 bits per heavy atom. The van der Waals surface area contributed by atoms with Gasteiger partial charge in [-0.15, -0.1) is 11.3 Å². The van der Waals surface area contributed by atoms with Gasteiger partial charge in [-0.25, -0.2) is 15.0 Å². The summed E-state index contributed by atoms with van der Waals surface area (Å²) in [7, 11) is 0. The van der Waals surface area contributed by atoms with Gasteiger partial charge in [-0.05, 0) is 81.0 Å². The van der Waals surface area contributed by atoms with E-state index in [9.17, 15) is 29.1 Å². The number of β-amino-alcohol motifs (C(OH)–C–C–N with tert-alkyl or cyclic N) is 1. The number of halogens is 1. The van der Waals surface area contributed by atoms with Crippen LogP contribution in [-0.2, 0) is 30.5 Å². The Labute approximate surface area is 416 Å². The van der Waals surface area contributed by atoms with E-state index in [0.717, 1.165) is 47.6 Å². The van der Waals surface area contributed by atoms with E-state index in [1.165, 1.54) is 21.6 Å². The fraction of sp³-hybridized carbons (Fsp3) is 0.510. The number of hydrogen-bond donors (Lipinski definition) is 6. The van der Waals surface area contributed by atoms with Crippen LogP contribution in [0.15, 0.2) is 64.1 Å². The normalized spacial score (nSPS) is 18.9. The number of nitrogens with zero attached hydrogens (tertiary/aromatic N) is 6. The molecule has 0 unspecified atom stereocenters. The van der Waals surface area contributed by atoms with E-state index in [1.807, 2.05) is 58.9 Å². The number of amides is 5. The van der Waals surface area contributed by atoms with Gasteiger partial charge in [0.05, 0.1) is 39.1 Å². The maximum atomic E-state index is 14.2. The van der Waals surface area contributed by atoms with Gasteiger partial charge in [0.25, 0.3) is 0 Å². The number of rotatable bonds is 18. The van der Waals surface area contributed by atoms with E-state index >= 15 is 0 Å². The number of nitrogens with two attached hydrogens (primary N) is 3. The highest BCUT2D eigenvalue weighted by Gasteiger charge is 2.57. The summed E-state index contributed by atoms with van der Waals surface area (Å²) in [5, 5.41) is 17.2. The van der Waals surface area contributed by atoms with Gasteiger partial charge in [0.1, 0.15) is 28.3 Å². The first-order chi connectivity index (χ1) is 32.7. The van der Waals surface area contributed by atoms with Gasteiger partial charge in [0, 0.05) is 56.0 Å². The van der Waals surface area contributed by atoms with E-state index in [-0.39, 0.29) is 60.7 Å². The molecule has 69 heavy (non-hydrogen) atoms. The average molecular weight is 1000 g/mol. The number of hydrogen-bond acceptors (Lipinski definition) is 14. The molecule has 0 spiro atoms. The van der Waals surface area contributed by atoms with Gasteiger partial charge in [-0.3, -0.25) is 24.0 Å². The zero-order valence-corrected chi connectivity index (χ0v) is 42.3. The standard InChI is InChI=1S/C49H64ClN11O6S2/c1-29-39(68-28-56-29)31-15-13-30(14-16-31)25-54-42(64)34-24-32(62)27-61(34)44(65)40(47(2,3)4)58-37(63)12-7-6-8-21-60(46(67)49(17-18-49)45(52)66)33-10-9-11-35(38(33)50)69-43-41(51)57-36(26-55-43)59-22-19-48(5,53)20-23-59/h9-11,13-16,26,28,32,34,40,62H,6-8,12,17-25,27,53H2,1-5H3,(H2,51,57)(H2,52,66)(H,54,64)(H,58,63)/t32-,34+,40-/m1/s1. The van der Waals surface area contributed by atoms with E-state index in [2.05, 4.69) is 30.5 Å². The molecule has 1 saturated carbocycles. The Kier molecular flexibility index (Phi) is 15.9. The molecule has 20 heteroatoms. The summed E-state index contributed by atoms with van der Waals surface area (Å²) in [6.45, 7) is 11.4. The second kappa shape index (κ2) is 21.3. The SMILES string of the molecule is Cc1ncsc1-c1ccc(CNC(=O)[C@@H]2C[C@@H](O)CN2C(=O)[C@@H](NC(=O)CCCCCN(C(=O)C2(C(N)=O)CC2)c2cccc(Sc3ncc(N4CCC(C)(N)CC4)nc3N)c2Cl)C(C)(C)C)cc1. The van der Waals surface area contributed by atoms with Crippen LogP contribution in [0.5, 0.6) is 0 Å². The lowest BCUT2D eigenvalue weighted by molar-refractivity contribution is -0.144. The van der Waals surface area contributed by atoms with Crippen LogP contribution >= 0.6 is 34.7 Å². The number of unbranched alkanes of at least 4 members (excludes halogenated alkanes) is 2. The van der Waals surface area contributed by atoms with E-state index in [1.54, 1.807) is 41.2 Å². The number of aryl methyl sites for hydroxylation is 1. The van der Waals surface area contributed by atoms with E-state index in [4.69, 9.17) is 28.8 Å². The number of benzene rings is 2. The first-order valence-corrected chi connectivity index (χ1v) is 25.5. The first-order valence-electron chi connectivity index (χ1n) is 23.5. The quantitative estimate of drug-likeness (QED) is 0.0527. The molecule has 4 heterocycles. The number of piperidine rings is 1. The molecule has 1 aliphatic carbocycles. The number of likely N-dealkylation sites (tertiary alicyclic amines) is 1. The van der Waals surface area contributed by atoms with Crippen molar-refractivity contribution in [1.82, 2.24) is 30.5 Å². The van der Waals surface area contributed by atoms with Crippen LogP contribution in [0.25, 0.3) is 10.4 Å². The molecule has 9 N–H and O–H groups in total. The second-order valence-corrected chi connectivity index (χ2v) is 22.2. The van der Waals surface area contributed by atoms with Crippen molar-refractivity contribution >= 4 is 81.6 Å². The van der Waals surface area contributed by atoms with Crippen molar-refractivity contribution in [2.45, 2.75) is 133 Å². The van der Waals surface area contributed by atoms with Gasteiger partial charge in [0.15, 0.2) is 5.82 Å². The Balaban J connectivity index is 0.947. The molecule has 5 amide bonds. The lowest BCUT2D eigenvalue weighted by atomic mass is 9.85. The topological polar surface area (TPSA) is 256 Å². The molecule has 3 aliphatic rings. The minimum absolute atomic E-state index is 0.0379. The van der Waals surface area contributed by atoms with Crippen molar-refractivity contribution < 1.29 is 29.1 Å². The summed E-state index contributed by atoms with van der Waals surface area (Å²) in [6, 6.07) is 11.2. The molecule has 17 nitrogen and oxygen atoms in total. The zero-order chi connectivity index (χ0) is 49.8. The molecule has 2 aliphatic heterocycles. The summed E-state index contributed by atoms with van der Waals surface area (Å²) in [6.07, 6.45) is 4.67. The summed E-state index contributed by atoms with van der Waals surface area (Å²) in [4.78, 5) is 88.2. The molecule has 0 radical (unpaired) electrons. The summed E-state index contributed by atoms with van der Waals surface area (Å²) >= 11 is 9.84. The Bertz CT molecular complexity index is 2540. The van der Waals surface area contributed by atoms with Gasteiger partial charge in [-0.1, -0.05) is 80.9 Å². The fourth-order valence-electron chi connectivity index (χ4n) is 8.78. The fourth-order valence-corrected chi connectivity index (χ4v) is 10.7. The molecule has 2 aromatic heterocycles. The third kappa shape index (κ3) is 12.2. The molecule has 7 rings (SSSR count). The summed E-state index contributed by atoms with van der Waals surface area (Å²) in [5.74, 6) is -1.40. The van der Waals surface area contributed by atoms with Gasteiger partial charge < -0.3 is 47.6 Å². The number of aliphatic hydroxyl groups excluding tert-OH is 1. The number of nitrogens with one attached hydrogen (secondary N) is 2. The van der Waals surface area contributed by atoms with Crippen molar-refractivity contribution in [1.29, 1.82) is 0 Å². The molecule has 2 saturated heterocycles. The van der Waals surface area contributed by atoms with Crippen LogP contribution in [0.3, 0.4) is 0 Å². The molecule has 4 aromatic rings. The minimum atomic E-state index is -1.32. The molecular formula is C49H64ClN11O6S2. The molecule has 3 atom stereocenters. The number of primary amides is 1. The van der Waals surface area contributed by atoms with Crippen LogP contribution in [0.4, 0.5) is 17.3 Å². The number of aliphatic hydroxyl groups is 1. The van der Waals surface area contributed by atoms with Crippen LogP contribution in [-0.4, -0.2) is 104 Å². The molecule has 3 fully saturated rings. The van der Waals surface area contributed by atoms with Crippen molar-refractivity contribution in [3.05, 3.63) is 70.5 Å². The number of carbonyl (C=O) groups excluding carboxylic acids is 5. The third-order valence-electron chi connectivity index (χ3n) is 13.3. The van der Waals surface area contributed by atoms with Crippen LogP contribution in [0, 0.1) is 17.8 Å². The Morgan fingerprint density at radius 2 is 1.74 bits per heavy atom. The van der Waals surface area contributed by atoms with Gasteiger partial charge >= 0.3 is 0 Å². The Hall–Kier alpha value is -5.34. The summed E-state index contributed by atoms with van der Waals surface area (Å²) in [5.41, 5.74) is 21.3. The highest BCUT2D eigenvalue weighted by Crippen LogP contribution is 2.49. The molecule has 0 bridgehead atoms. The highest BCUT2D eigenvalue weighted by molar-refractivity contribution is 7.99. The lowest BCUT2D eigenvalue weighted by Crippen LogP contribution is -2.57. The zero-order valence-electron chi connectivity index (χ0n) is 39.9. The van der Waals surface area contributed by atoms with Crippen LogP contribution in [0.1, 0.15) is 96.7 Å². The number of anilines is 3. The summed E-state index contributed by atoms with van der Waals surface area (Å²) < 4.78 is 0. The first kappa shape index (κ1) is 51.5. The number of thiazole rings is 1. The number of aromatic nitrogens is 3. The van der Waals surface area contributed by atoms with Gasteiger partial charge in [-0.2, -0.15) is 0 Å². The Morgan fingerprint density at radius 3 is 2.36 bits per heavy atom. The second-order valence-electron chi connectivity index (χ2n) is 19.9. The predicted octanol–water partition coefficient (Wildman–Crippen LogP) is 5.58. The lowest BCUT2D eigenvalue weighted by Gasteiger charge is -2.37. The van der Waals surface area contributed by atoms with E-state index < -0.39 is 46.7 Å². The molecule has 370 valence electrons. The van der Waals surface area contributed by atoms with E-state index in [0.29, 0.717) is 53.5 Å². The third-order valence-corrected chi connectivity index (χ3v) is 15.8. The van der Waals surface area contributed by atoms with Gasteiger partial charge in [0.2, 0.25) is 29.5 Å². The van der Waals surface area contributed by atoms with Crippen molar-refractivity contribution in [2.75, 3.05) is 41.7 Å². The maximum absolute atomic E-state index is 14.2. The smallest absolute Gasteiger partial charge is 0.246 e. The van der Waals surface area contributed by atoms with Crippen LogP contribution < -0.4 is 37.6 Å². The molecule has 2 aromatic carbocycles. The average Bonchev–Trinajstić information content (AvgIpc) is 3.87. The van der Waals surface area contributed by atoms with Crippen LogP contribution in [0.2, 0.25) is 5.02 Å². The highest BCUT2D eigenvalue weighted by atomic mass is 35.5. The molecular weight excluding hydrogens is 938 g/mol. The monoisotopic (exact) mass is 1000 g/mol. The largest absolute Gasteiger partial charge is 0.391 e. The predicted molar refractivity (Wildman–Crippen MR) is 269 cm³/mol. The number of carbonyl (C=O) groups is 5. The van der Waals surface area contributed by atoms with Crippen molar-refractivity contribution in [2.24, 2.45) is 22.3 Å². The van der Waals surface area contributed by atoms with Crippen molar-refractivity contribution in [3.63, 3.8) is 0 Å². The van der Waals surface area contributed by atoms with Crippen molar-refractivity contribution in [3.8, 4) is 10.4 Å². The number of nitrogen functional groups attached to an aromatic ring is 1.